The summed E-state index contributed by atoms with van der Waals surface area (Å²) in [5, 5.41) is 11.2. The number of rotatable bonds is 2. The maximum Gasteiger partial charge on any atom is 0.408 e. The van der Waals surface area contributed by atoms with E-state index in [2.05, 4.69) is 17.2 Å². The van der Waals surface area contributed by atoms with Crippen LogP contribution in [-0.4, -0.2) is 29.3 Å². The molecule has 0 aromatic carbocycles. The second-order valence-electron chi connectivity index (χ2n) is 4.63. The summed E-state index contributed by atoms with van der Waals surface area (Å²) in [4.78, 5) is 22.8. The summed E-state index contributed by atoms with van der Waals surface area (Å²) in [6.45, 7) is 5.47. The zero-order valence-electron chi connectivity index (χ0n) is 10.9. The van der Waals surface area contributed by atoms with Gasteiger partial charge in [0.25, 0.3) is 0 Å². The SMILES string of the molecule is CC(C)(C)OC(=O)NCC#Cc1ccc(C(=O)O)s1. The summed E-state index contributed by atoms with van der Waals surface area (Å²) in [6.07, 6.45) is -0.529. The summed E-state index contributed by atoms with van der Waals surface area (Å²) in [6, 6.07) is 3.13. The molecule has 0 bridgehead atoms. The molecule has 0 aliphatic carbocycles. The minimum absolute atomic E-state index is 0.148. The van der Waals surface area contributed by atoms with Crippen molar-refractivity contribution in [3.05, 3.63) is 21.9 Å². The van der Waals surface area contributed by atoms with E-state index in [4.69, 9.17) is 9.84 Å². The third kappa shape index (κ3) is 5.93. The molecule has 5 nitrogen and oxygen atoms in total. The third-order valence-corrected chi connectivity index (χ3v) is 2.74. The summed E-state index contributed by atoms with van der Waals surface area (Å²) >= 11 is 1.09. The highest BCUT2D eigenvalue weighted by atomic mass is 32.1. The monoisotopic (exact) mass is 281 g/mol. The van der Waals surface area contributed by atoms with E-state index < -0.39 is 17.7 Å². The van der Waals surface area contributed by atoms with E-state index in [1.54, 1.807) is 26.8 Å². The summed E-state index contributed by atoms with van der Waals surface area (Å²) in [5.41, 5.74) is -0.540. The fraction of sp³-hybridized carbons (Fsp3) is 0.385. The molecule has 1 rings (SSSR count). The smallest absolute Gasteiger partial charge is 0.408 e. The minimum atomic E-state index is -0.968. The van der Waals surface area contributed by atoms with Gasteiger partial charge in [0.2, 0.25) is 0 Å². The van der Waals surface area contributed by atoms with Gasteiger partial charge in [-0.1, -0.05) is 11.8 Å². The van der Waals surface area contributed by atoms with Crippen molar-refractivity contribution in [1.29, 1.82) is 0 Å². The van der Waals surface area contributed by atoms with Crippen LogP contribution in [0.4, 0.5) is 4.79 Å². The zero-order chi connectivity index (χ0) is 14.5. The predicted octanol–water partition coefficient (Wildman–Crippen LogP) is 2.32. The number of ether oxygens (including phenoxy) is 1. The highest BCUT2D eigenvalue weighted by Gasteiger charge is 2.15. The minimum Gasteiger partial charge on any atom is -0.477 e. The largest absolute Gasteiger partial charge is 0.477 e. The van der Waals surface area contributed by atoms with E-state index in [1.165, 1.54) is 6.07 Å². The fourth-order valence-corrected chi connectivity index (χ4v) is 1.80. The van der Waals surface area contributed by atoms with Gasteiger partial charge in [-0.25, -0.2) is 9.59 Å². The zero-order valence-corrected chi connectivity index (χ0v) is 11.8. The lowest BCUT2D eigenvalue weighted by Crippen LogP contribution is -2.32. The van der Waals surface area contributed by atoms with E-state index in [9.17, 15) is 9.59 Å². The summed E-state index contributed by atoms with van der Waals surface area (Å²) in [5.74, 6) is 4.53. The molecule has 0 radical (unpaired) electrons. The van der Waals surface area contributed by atoms with Gasteiger partial charge in [-0.05, 0) is 32.9 Å². The maximum absolute atomic E-state index is 11.3. The van der Waals surface area contributed by atoms with Crippen LogP contribution in [-0.2, 0) is 4.74 Å². The predicted molar refractivity (Wildman–Crippen MR) is 72.4 cm³/mol. The highest BCUT2D eigenvalue weighted by Crippen LogP contribution is 2.14. The number of carboxylic acid groups (broad SMARTS) is 1. The molecule has 0 unspecified atom stereocenters. The van der Waals surface area contributed by atoms with E-state index in [0.717, 1.165) is 11.3 Å². The number of thiophene rings is 1. The van der Waals surface area contributed by atoms with Crippen LogP contribution in [0, 0.1) is 11.8 Å². The van der Waals surface area contributed by atoms with E-state index >= 15 is 0 Å². The number of carboxylic acids is 1. The summed E-state index contributed by atoms with van der Waals surface area (Å²) in [7, 11) is 0. The molecule has 1 heterocycles. The Labute approximate surface area is 115 Å². The Bertz CT molecular complexity index is 531. The van der Waals surface area contributed by atoms with Gasteiger partial charge in [-0.3, -0.25) is 0 Å². The molecular weight excluding hydrogens is 266 g/mol. The number of nitrogens with one attached hydrogen (secondary N) is 1. The number of amides is 1. The molecule has 0 saturated carbocycles. The van der Waals surface area contributed by atoms with Crippen molar-refractivity contribution in [1.82, 2.24) is 5.32 Å². The Morgan fingerprint density at radius 3 is 2.63 bits per heavy atom. The average molecular weight is 281 g/mol. The lowest BCUT2D eigenvalue weighted by molar-refractivity contribution is 0.0534. The van der Waals surface area contributed by atoms with Crippen molar-refractivity contribution < 1.29 is 19.4 Å². The van der Waals surface area contributed by atoms with Crippen LogP contribution in [0.3, 0.4) is 0 Å². The first-order chi connectivity index (χ1) is 8.78. The number of carbonyl (C=O) groups excluding carboxylic acids is 1. The third-order valence-electron chi connectivity index (χ3n) is 1.75. The Morgan fingerprint density at radius 1 is 1.42 bits per heavy atom. The van der Waals surface area contributed by atoms with Crippen molar-refractivity contribution >= 4 is 23.4 Å². The summed E-state index contributed by atoms with van der Waals surface area (Å²) < 4.78 is 5.03. The lowest BCUT2D eigenvalue weighted by atomic mass is 10.2. The number of carbonyl (C=O) groups is 2. The van der Waals surface area contributed by atoms with Gasteiger partial charge in [-0.15, -0.1) is 11.3 Å². The van der Waals surface area contributed by atoms with Crippen LogP contribution in [0.1, 0.15) is 35.3 Å². The Kier molecular flexibility index (Phi) is 4.95. The fourth-order valence-electron chi connectivity index (χ4n) is 1.08. The molecule has 102 valence electrons. The quantitative estimate of drug-likeness (QED) is 0.816. The molecule has 0 saturated heterocycles. The number of aromatic carboxylic acids is 1. The molecule has 2 N–H and O–H groups in total. The number of hydrogen-bond acceptors (Lipinski definition) is 4. The second kappa shape index (κ2) is 6.25. The van der Waals surface area contributed by atoms with Gasteiger partial charge in [0.1, 0.15) is 10.5 Å². The van der Waals surface area contributed by atoms with Crippen LogP contribution in [0.5, 0.6) is 0 Å². The normalized spacial score (nSPS) is 10.3. The van der Waals surface area contributed by atoms with Gasteiger partial charge in [0.15, 0.2) is 0 Å². The Morgan fingerprint density at radius 2 is 2.11 bits per heavy atom. The first-order valence-electron chi connectivity index (χ1n) is 5.57. The molecule has 0 aliphatic rings. The van der Waals surface area contributed by atoms with Gasteiger partial charge in [-0.2, -0.15) is 0 Å². The highest BCUT2D eigenvalue weighted by molar-refractivity contribution is 7.14. The van der Waals surface area contributed by atoms with Gasteiger partial charge in [0.05, 0.1) is 11.4 Å². The van der Waals surface area contributed by atoms with E-state index in [0.29, 0.717) is 4.88 Å². The first-order valence-corrected chi connectivity index (χ1v) is 6.38. The second-order valence-corrected chi connectivity index (χ2v) is 5.71. The molecular formula is C13H15NO4S. The standard InChI is InChI=1S/C13H15NO4S/c1-13(2,3)18-12(17)14-8-4-5-9-6-7-10(19-9)11(15)16/h6-7H,8H2,1-3H3,(H,14,17)(H,15,16). The maximum atomic E-state index is 11.3. The van der Waals surface area contributed by atoms with Gasteiger partial charge >= 0.3 is 12.1 Å². The lowest BCUT2D eigenvalue weighted by Gasteiger charge is -2.18. The Balaban J connectivity index is 2.43. The van der Waals surface area contributed by atoms with E-state index in [1.807, 2.05) is 0 Å². The molecule has 0 atom stereocenters. The Hall–Kier alpha value is -2.00. The number of hydrogen-bond donors (Lipinski definition) is 2. The molecule has 1 aromatic rings. The van der Waals surface area contributed by atoms with Gasteiger partial charge < -0.3 is 15.2 Å². The molecule has 1 aromatic heterocycles. The molecule has 0 aliphatic heterocycles. The van der Waals surface area contributed by atoms with Crippen LogP contribution in [0.15, 0.2) is 12.1 Å². The topological polar surface area (TPSA) is 75.6 Å². The van der Waals surface area contributed by atoms with Crippen molar-refractivity contribution in [2.45, 2.75) is 26.4 Å². The van der Waals surface area contributed by atoms with Crippen LogP contribution in [0.25, 0.3) is 0 Å². The van der Waals surface area contributed by atoms with E-state index in [-0.39, 0.29) is 11.4 Å². The molecule has 0 fully saturated rings. The molecule has 0 spiro atoms. The van der Waals surface area contributed by atoms with Crippen LogP contribution >= 0.6 is 11.3 Å². The van der Waals surface area contributed by atoms with Gasteiger partial charge in [0, 0.05) is 0 Å². The van der Waals surface area contributed by atoms with Crippen molar-refractivity contribution in [2.75, 3.05) is 6.54 Å². The first kappa shape index (κ1) is 15.1. The van der Waals surface area contributed by atoms with Crippen molar-refractivity contribution in [3.63, 3.8) is 0 Å². The molecule has 6 heteroatoms. The molecule has 1 amide bonds. The van der Waals surface area contributed by atoms with Crippen molar-refractivity contribution in [3.8, 4) is 11.8 Å². The average Bonchev–Trinajstić information content (AvgIpc) is 2.70. The van der Waals surface area contributed by atoms with Crippen molar-refractivity contribution in [2.24, 2.45) is 0 Å². The van der Waals surface area contributed by atoms with Crippen LogP contribution < -0.4 is 5.32 Å². The number of alkyl carbamates (subject to hydrolysis) is 1. The molecule has 19 heavy (non-hydrogen) atoms. The van der Waals surface area contributed by atoms with Crippen LogP contribution in [0.2, 0.25) is 0 Å².